The number of allylic oxidation sites excluding steroid dienone is 1. The smallest absolute Gasteiger partial charge is 0.163 e. The zero-order chi connectivity index (χ0) is 21.1. The first kappa shape index (κ1) is 19.7. The lowest BCUT2D eigenvalue weighted by Gasteiger charge is -2.12. The van der Waals surface area contributed by atoms with Crippen molar-refractivity contribution >= 4 is 38.9 Å². The Hall–Kier alpha value is -3.65. The Balaban J connectivity index is 1.78. The van der Waals surface area contributed by atoms with Crippen LogP contribution in [0, 0.1) is 0 Å². The summed E-state index contributed by atoms with van der Waals surface area (Å²) in [7, 11) is 3.19. The quantitative estimate of drug-likeness (QED) is 0.402. The molecule has 0 fully saturated rings. The number of fused-ring (bicyclic) bond motifs is 1. The van der Waals surface area contributed by atoms with Crippen molar-refractivity contribution in [3.63, 3.8) is 0 Å². The molecule has 30 heavy (non-hydrogen) atoms. The molecule has 2 aromatic carbocycles. The SMILES string of the molecule is C/C=C(\O)c1cccc(-c2nc(Nc3ccc(OC)c(OC)c3)c3ncsc3n2)c1. The molecular weight excluding hydrogens is 400 g/mol. The first-order valence-corrected chi connectivity index (χ1v) is 10.1. The summed E-state index contributed by atoms with van der Waals surface area (Å²) in [5, 5.41) is 13.4. The summed E-state index contributed by atoms with van der Waals surface area (Å²) in [5.74, 6) is 2.59. The van der Waals surface area contributed by atoms with Crippen molar-refractivity contribution < 1.29 is 14.6 Å². The third-order valence-corrected chi connectivity index (χ3v) is 5.25. The van der Waals surface area contributed by atoms with Gasteiger partial charge in [0, 0.05) is 22.9 Å². The maximum absolute atomic E-state index is 10.1. The van der Waals surface area contributed by atoms with Gasteiger partial charge in [-0.1, -0.05) is 18.2 Å². The number of aliphatic hydroxyl groups is 1. The van der Waals surface area contributed by atoms with Gasteiger partial charge in [-0.05, 0) is 31.2 Å². The van der Waals surface area contributed by atoms with Crippen molar-refractivity contribution in [2.24, 2.45) is 0 Å². The molecule has 0 saturated carbocycles. The summed E-state index contributed by atoms with van der Waals surface area (Å²) in [6.07, 6.45) is 1.65. The molecule has 0 bridgehead atoms. The van der Waals surface area contributed by atoms with E-state index in [0.717, 1.165) is 16.1 Å². The second-order valence-electron chi connectivity index (χ2n) is 6.35. The van der Waals surface area contributed by atoms with Crippen molar-refractivity contribution in [2.45, 2.75) is 6.92 Å². The molecule has 0 radical (unpaired) electrons. The van der Waals surface area contributed by atoms with E-state index in [1.54, 1.807) is 32.7 Å². The van der Waals surface area contributed by atoms with E-state index in [1.165, 1.54) is 11.3 Å². The van der Waals surface area contributed by atoms with Gasteiger partial charge in [0.15, 0.2) is 23.1 Å². The topological polar surface area (TPSA) is 89.4 Å². The number of methoxy groups -OCH3 is 2. The van der Waals surface area contributed by atoms with E-state index < -0.39 is 0 Å². The molecule has 7 nitrogen and oxygen atoms in total. The Morgan fingerprint density at radius 2 is 1.90 bits per heavy atom. The lowest BCUT2D eigenvalue weighted by Crippen LogP contribution is -2.00. The lowest BCUT2D eigenvalue weighted by atomic mass is 10.1. The monoisotopic (exact) mass is 420 g/mol. The van der Waals surface area contributed by atoms with Gasteiger partial charge in [-0.2, -0.15) is 0 Å². The fourth-order valence-electron chi connectivity index (χ4n) is 3.01. The highest BCUT2D eigenvalue weighted by molar-refractivity contribution is 7.16. The first-order chi connectivity index (χ1) is 14.6. The highest BCUT2D eigenvalue weighted by Crippen LogP contribution is 2.33. The fourth-order valence-corrected chi connectivity index (χ4v) is 3.67. The molecule has 0 amide bonds. The predicted octanol–water partition coefficient (Wildman–Crippen LogP) is 5.43. The molecule has 152 valence electrons. The first-order valence-electron chi connectivity index (χ1n) is 9.19. The predicted molar refractivity (Wildman–Crippen MR) is 120 cm³/mol. The summed E-state index contributed by atoms with van der Waals surface area (Å²) in [6, 6.07) is 13.0. The molecule has 2 N–H and O–H groups in total. The molecule has 0 atom stereocenters. The van der Waals surface area contributed by atoms with E-state index in [4.69, 9.17) is 14.5 Å². The zero-order valence-electron chi connectivity index (χ0n) is 16.7. The molecule has 2 heterocycles. The van der Waals surface area contributed by atoms with Gasteiger partial charge in [0.1, 0.15) is 16.1 Å². The van der Waals surface area contributed by atoms with Crippen molar-refractivity contribution in [3.05, 3.63) is 59.6 Å². The van der Waals surface area contributed by atoms with E-state index in [0.29, 0.717) is 34.2 Å². The van der Waals surface area contributed by atoms with Crippen LogP contribution in [0.1, 0.15) is 12.5 Å². The Morgan fingerprint density at radius 3 is 2.67 bits per heavy atom. The van der Waals surface area contributed by atoms with Crippen LogP contribution >= 0.6 is 11.3 Å². The number of nitrogens with one attached hydrogen (secondary N) is 1. The minimum atomic E-state index is 0.208. The van der Waals surface area contributed by atoms with Crippen LogP contribution in [0.5, 0.6) is 11.5 Å². The molecule has 0 aliphatic carbocycles. The van der Waals surface area contributed by atoms with E-state index in [-0.39, 0.29) is 5.76 Å². The minimum absolute atomic E-state index is 0.208. The van der Waals surface area contributed by atoms with Gasteiger partial charge in [-0.25, -0.2) is 15.0 Å². The standard InChI is InChI=1S/C22H20N4O3S/c1-4-16(27)13-6-5-7-14(10-13)20-25-21(19-22(26-20)30-12-23-19)24-15-8-9-17(28-2)18(11-15)29-3/h4-12,27H,1-3H3,(H,24,25,26)/b16-4-. The number of aliphatic hydroxyl groups excluding tert-OH is 1. The normalized spacial score (nSPS) is 11.5. The van der Waals surface area contributed by atoms with Gasteiger partial charge in [0.25, 0.3) is 0 Å². The second-order valence-corrected chi connectivity index (χ2v) is 7.18. The van der Waals surface area contributed by atoms with E-state index in [1.807, 2.05) is 42.5 Å². The number of hydrogen-bond donors (Lipinski definition) is 2. The molecule has 4 rings (SSSR count). The molecule has 0 unspecified atom stereocenters. The van der Waals surface area contributed by atoms with E-state index in [2.05, 4.69) is 15.3 Å². The van der Waals surface area contributed by atoms with Crippen LogP contribution in [-0.4, -0.2) is 34.3 Å². The summed E-state index contributed by atoms with van der Waals surface area (Å²) < 4.78 is 10.7. The second kappa shape index (κ2) is 8.38. The van der Waals surface area contributed by atoms with Crippen molar-refractivity contribution in [1.29, 1.82) is 0 Å². The highest BCUT2D eigenvalue weighted by atomic mass is 32.1. The molecule has 2 aromatic heterocycles. The summed E-state index contributed by atoms with van der Waals surface area (Å²) >= 11 is 1.44. The molecule has 0 saturated heterocycles. The summed E-state index contributed by atoms with van der Waals surface area (Å²) in [5.41, 5.74) is 4.72. The summed E-state index contributed by atoms with van der Waals surface area (Å²) in [4.78, 5) is 14.5. The van der Waals surface area contributed by atoms with Gasteiger partial charge < -0.3 is 19.9 Å². The van der Waals surface area contributed by atoms with Crippen LogP contribution < -0.4 is 14.8 Å². The Kier molecular flexibility index (Phi) is 5.49. The van der Waals surface area contributed by atoms with Crippen LogP contribution in [0.25, 0.3) is 27.5 Å². The third-order valence-electron chi connectivity index (χ3n) is 4.53. The highest BCUT2D eigenvalue weighted by Gasteiger charge is 2.14. The molecule has 0 aliphatic rings. The van der Waals surface area contributed by atoms with Crippen LogP contribution in [0.3, 0.4) is 0 Å². The van der Waals surface area contributed by atoms with Crippen LogP contribution in [0.2, 0.25) is 0 Å². The molecule has 8 heteroatoms. The Bertz CT molecular complexity index is 1240. The van der Waals surface area contributed by atoms with Gasteiger partial charge >= 0.3 is 0 Å². The number of hydrogen-bond acceptors (Lipinski definition) is 8. The fraction of sp³-hybridized carbons (Fsp3) is 0.136. The van der Waals surface area contributed by atoms with E-state index >= 15 is 0 Å². The number of benzene rings is 2. The van der Waals surface area contributed by atoms with E-state index in [9.17, 15) is 5.11 Å². The van der Waals surface area contributed by atoms with Gasteiger partial charge in [0.2, 0.25) is 0 Å². The van der Waals surface area contributed by atoms with Gasteiger partial charge in [0.05, 0.1) is 19.7 Å². The number of ether oxygens (including phenoxy) is 2. The van der Waals surface area contributed by atoms with Crippen LogP contribution in [0.15, 0.2) is 54.1 Å². The van der Waals surface area contributed by atoms with Crippen molar-refractivity contribution in [1.82, 2.24) is 15.0 Å². The molecular formula is C22H20N4O3S. The molecule has 0 aliphatic heterocycles. The third kappa shape index (κ3) is 3.77. The molecule has 4 aromatic rings. The Labute approximate surface area is 177 Å². The minimum Gasteiger partial charge on any atom is -0.508 e. The van der Waals surface area contributed by atoms with Crippen LogP contribution in [0.4, 0.5) is 11.5 Å². The average molecular weight is 420 g/mol. The number of anilines is 2. The zero-order valence-corrected chi connectivity index (χ0v) is 17.5. The molecule has 0 spiro atoms. The van der Waals surface area contributed by atoms with Crippen molar-refractivity contribution in [2.75, 3.05) is 19.5 Å². The summed E-state index contributed by atoms with van der Waals surface area (Å²) in [6.45, 7) is 1.78. The largest absolute Gasteiger partial charge is 0.508 e. The maximum atomic E-state index is 10.1. The average Bonchev–Trinajstić information content (AvgIpc) is 3.27. The van der Waals surface area contributed by atoms with Crippen molar-refractivity contribution in [3.8, 4) is 22.9 Å². The number of nitrogens with zero attached hydrogens (tertiary/aromatic N) is 3. The van der Waals surface area contributed by atoms with Crippen LogP contribution in [-0.2, 0) is 0 Å². The van der Waals surface area contributed by atoms with Gasteiger partial charge in [-0.15, -0.1) is 11.3 Å². The Morgan fingerprint density at radius 1 is 1.07 bits per heavy atom. The number of thiazole rings is 1. The lowest BCUT2D eigenvalue weighted by molar-refractivity contribution is 0.355. The maximum Gasteiger partial charge on any atom is 0.163 e. The number of rotatable bonds is 6. The number of aromatic nitrogens is 3. The van der Waals surface area contributed by atoms with Gasteiger partial charge in [-0.3, -0.25) is 0 Å².